The van der Waals surface area contributed by atoms with Crippen molar-refractivity contribution in [1.82, 2.24) is 5.32 Å². The van der Waals surface area contributed by atoms with Crippen LogP contribution in [0.5, 0.6) is 0 Å². The van der Waals surface area contributed by atoms with Crippen LogP contribution in [0, 0.1) is 5.92 Å². The van der Waals surface area contributed by atoms with Crippen LogP contribution in [0.15, 0.2) is 0 Å². The van der Waals surface area contributed by atoms with Crippen LogP contribution in [0.3, 0.4) is 0 Å². The molecule has 20 heavy (non-hydrogen) atoms. The lowest BCUT2D eigenvalue weighted by Crippen LogP contribution is -2.46. The molecule has 0 radical (unpaired) electrons. The van der Waals surface area contributed by atoms with E-state index in [1.165, 1.54) is 0 Å². The molecule has 0 unspecified atom stereocenters. The first-order valence-corrected chi connectivity index (χ1v) is 6.77. The zero-order valence-electron chi connectivity index (χ0n) is 11.8. The second-order valence-corrected chi connectivity index (χ2v) is 4.79. The van der Waals surface area contributed by atoms with E-state index in [0.717, 1.165) is 6.42 Å². The van der Waals surface area contributed by atoms with Crippen molar-refractivity contribution in [2.75, 3.05) is 13.2 Å². The first-order chi connectivity index (χ1) is 9.45. The molecule has 0 spiro atoms. The third-order valence-corrected chi connectivity index (χ3v) is 3.11. The van der Waals surface area contributed by atoms with Gasteiger partial charge in [0.25, 0.3) is 0 Å². The van der Waals surface area contributed by atoms with Gasteiger partial charge in [-0.2, -0.15) is 0 Å². The van der Waals surface area contributed by atoms with Gasteiger partial charge in [0, 0.05) is 6.61 Å². The van der Waals surface area contributed by atoms with Crippen molar-refractivity contribution < 1.29 is 29.0 Å². The molecular weight excluding hydrogens is 266 g/mol. The van der Waals surface area contributed by atoms with Crippen LogP contribution >= 0.6 is 0 Å². The average Bonchev–Trinajstić information content (AvgIpc) is 2.91. The van der Waals surface area contributed by atoms with Crippen LogP contribution in [0.2, 0.25) is 0 Å². The molecule has 1 saturated heterocycles. The van der Waals surface area contributed by atoms with E-state index in [0.29, 0.717) is 13.0 Å². The van der Waals surface area contributed by atoms with Crippen LogP contribution in [-0.2, 0) is 23.9 Å². The Morgan fingerprint density at radius 1 is 1.45 bits per heavy atom. The highest BCUT2D eigenvalue weighted by Crippen LogP contribution is 2.14. The smallest absolute Gasteiger partial charge is 0.326 e. The fraction of sp³-hybridized carbons (Fsp3) is 0.769. The van der Waals surface area contributed by atoms with Crippen molar-refractivity contribution in [3.63, 3.8) is 0 Å². The standard InChI is InChI=1S/C13H21NO6/c1-3-19-13(18)8(2)7-9(12(16)17)14-11(15)10-5-4-6-20-10/h8-10H,3-7H2,1-2H3,(H,14,15)(H,16,17)/t8-,9+,10-/m1/s1. The lowest BCUT2D eigenvalue weighted by molar-refractivity contribution is -0.150. The maximum absolute atomic E-state index is 11.8. The number of esters is 1. The van der Waals surface area contributed by atoms with E-state index in [1.807, 2.05) is 0 Å². The number of carbonyl (C=O) groups excluding carboxylic acids is 2. The van der Waals surface area contributed by atoms with Crippen molar-refractivity contribution in [1.29, 1.82) is 0 Å². The summed E-state index contributed by atoms with van der Waals surface area (Å²) in [6.45, 7) is 4.00. The lowest BCUT2D eigenvalue weighted by Gasteiger charge is -2.19. The molecule has 7 heteroatoms. The molecule has 2 N–H and O–H groups in total. The molecule has 0 aliphatic carbocycles. The summed E-state index contributed by atoms with van der Waals surface area (Å²) in [6.07, 6.45) is 0.780. The summed E-state index contributed by atoms with van der Waals surface area (Å²) in [5.41, 5.74) is 0. The second-order valence-electron chi connectivity index (χ2n) is 4.79. The number of nitrogens with one attached hydrogen (secondary N) is 1. The van der Waals surface area contributed by atoms with Crippen LogP contribution < -0.4 is 5.32 Å². The molecule has 1 heterocycles. The van der Waals surface area contributed by atoms with E-state index in [9.17, 15) is 14.4 Å². The quantitative estimate of drug-likeness (QED) is 0.654. The maximum Gasteiger partial charge on any atom is 0.326 e. The minimum atomic E-state index is -1.17. The number of carboxylic acids is 1. The van der Waals surface area contributed by atoms with Gasteiger partial charge in [-0.3, -0.25) is 9.59 Å². The van der Waals surface area contributed by atoms with E-state index in [1.54, 1.807) is 13.8 Å². The van der Waals surface area contributed by atoms with Gasteiger partial charge in [0.05, 0.1) is 12.5 Å². The minimum Gasteiger partial charge on any atom is -0.480 e. The summed E-state index contributed by atoms with van der Waals surface area (Å²) in [5.74, 6) is -2.68. The Balaban J connectivity index is 2.53. The summed E-state index contributed by atoms with van der Waals surface area (Å²) < 4.78 is 10.0. The topological polar surface area (TPSA) is 102 Å². The highest BCUT2D eigenvalue weighted by atomic mass is 16.5. The van der Waals surface area contributed by atoms with E-state index < -0.39 is 35.9 Å². The molecule has 1 aliphatic rings. The molecule has 0 aromatic rings. The normalized spacial score (nSPS) is 21.0. The van der Waals surface area contributed by atoms with Crippen LogP contribution in [0.4, 0.5) is 0 Å². The second kappa shape index (κ2) is 7.84. The molecule has 0 saturated carbocycles. The number of amides is 1. The molecule has 0 aromatic carbocycles. The Kier molecular flexibility index (Phi) is 6.44. The molecule has 1 fully saturated rings. The Labute approximate surface area is 117 Å². The zero-order valence-corrected chi connectivity index (χ0v) is 11.8. The van der Waals surface area contributed by atoms with E-state index in [2.05, 4.69) is 5.32 Å². The van der Waals surface area contributed by atoms with Crippen LogP contribution in [0.1, 0.15) is 33.1 Å². The number of ether oxygens (including phenoxy) is 2. The average molecular weight is 287 g/mol. The number of hydrogen-bond acceptors (Lipinski definition) is 5. The van der Waals surface area contributed by atoms with Gasteiger partial charge in [-0.25, -0.2) is 4.79 Å². The first-order valence-electron chi connectivity index (χ1n) is 6.77. The molecule has 1 aliphatic heterocycles. The summed E-state index contributed by atoms with van der Waals surface area (Å²) in [7, 11) is 0. The molecule has 0 aromatic heterocycles. The van der Waals surface area contributed by atoms with Crippen LogP contribution in [0.25, 0.3) is 0 Å². The van der Waals surface area contributed by atoms with E-state index in [4.69, 9.17) is 14.6 Å². The maximum atomic E-state index is 11.8. The van der Waals surface area contributed by atoms with Gasteiger partial charge in [0.15, 0.2) is 0 Å². The van der Waals surface area contributed by atoms with E-state index >= 15 is 0 Å². The minimum absolute atomic E-state index is 0.00731. The number of hydrogen-bond donors (Lipinski definition) is 2. The molecule has 7 nitrogen and oxygen atoms in total. The zero-order chi connectivity index (χ0) is 15.1. The number of carboxylic acid groups (broad SMARTS) is 1. The Morgan fingerprint density at radius 2 is 2.15 bits per heavy atom. The molecule has 1 rings (SSSR count). The predicted octanol–water partition coefficient (Wildman–Crippen LogP) is 0.324. The summed E-state index contributed by atoms with van der Waals surface area (Å²) >= 11 is 0. The van der Waals surface area contributed by atoms with Gasteiger partial charge >= 0.3 is 11.9 Å². The van der Waals surface area contributed by atoms with Crippen molar-refractivity contribution >= 4 is 17.8 Å². The summed E-state index contributed by atoms with van der Waals surface area (Å²) in [5, 5.41) is 11.5. The van der Waals surface area contributed by atoms with Gasteiger partial charge in [-0.15, -0.1) is 0 Å². The van der Waals surface area contributed by atoms with Crippen LogP contribution in [-0.4, -0.2) is 48.3 Å². The summed E-state index contributed by atoms with van der Waals surface area (Å²) in [4.78, 5) is 34.5. The van der Waals surface area contributed by atoms with Gasteiger partial charge in [0.2, 0.25) is 5.91 Å². The largest absolute Gasteiger partial charge is 0.480 e. The molecular formula is C13H21NO6. The first kappa shape index (κ1) is 16.4. The Morgan fingerprint density at radius 3 is 2.65 bits per heavy atom. The molecule has 3 atom stereocenters. The fourth-order valence-electron chi connectivity index (χ4n) is 2.00. The van der Waals surface area contributed by atoms with Crippen molar-refractivity contribution in [2.45, 2.75) is 45.3 Å². The van der Waals surface area contributed by atoms with Gasteiger partial charge in [-0.1, -0.05) is 6.92 Å². The Bertz CT molecular complexity index is 364. The van der Waals surface area contributed by atoms with Gasteiger partial charge in [-0.05, 0) is 26.2 Å². The number of carbonyl (C=O) groups is 3. The molecule has 114 valence electrons. The van der Waals surface area contributed by atoms with Gasteiger partial charge < -0.3 is 19.9 Å². The highest BCUT2D eigenvalue weighted by molar-refractivity contribution is 5.86. The monoisotopic (exact) mass is 287 g/mol. The third kappa shape index (κ3) is 4.80. The van der Waals surface area contributed by atoms with Crippen molar-refractivity contribution in [3.05, 3.63) is 0 Å². The SMILES string of the molecule is CCOC(=O)[C@H](C)C[C@H](NC(=O)[C@H]1CCCO1)C(=O)O. The van der Waals surface area contributed by atoms with Crippen molar-refractivity contribution in [2.24, 2.45) is 5.92 Å². The number of aliphatic carboxylic acids is 1. The lowest BCUT2D eigenvalue weighted by atomic mass is 10.0. The third-order valence-electron chi connectivity index (χ3n) is 3.11. The summed E-state index contributed by atoms with van der Waals surface area (Å²) in [6, 6.07) is -1.12. The number of rotatable bonds is 7. The molecule has 1 amide bonds. The fourth-order valence-corrected chi connectivity index (χ4v) is 2.00. The highest BCUT2D eigenvalue weighted by Gasteiger charge is 2.30. The predicted molar refractivity (Wildman–Crippen MR) is 69.0 cm³/mol. The van der Waals surface area contributed by atoms with E-state index in [-0.39, 0.29) is 13.0 Å². The molecule has 0 bridgehead atoms. The van der Waals surface area contributed by atoms with Crippen molar-refractivity contribution in [3.8, 4) is 0 Å². The Hall–Kier alpha value is -1.63. The van der Waals surface area contributed by atoms with Gasteiger partial charge in [0.1, 0.15) is 12.1 Å².